The Bertz CT molecular complexity index is 378. The molecule has 0 aromatic carbocycles. The Kier molecular flexibility index (Phi) is 6.30. The van der Waals surface area contributed by atoms with E-state index in [1.54, 1.807) is 0 Å². The Hall–Kier alpha value is -0.400. The number of hydrogen-bond donors (Lipinski definition) is 7. The maximum Gasteiger partial charge on any atom is 0.187 e. The second kappa shape index (κ2) is 7.66. The van der Waals surface area contributed by atoms with E-state index in [-0.39, 0.29) is 0 Å². The summed E-state index contributed by atoms with van der Waals surface area (Å²) >= 11 is 0. The van der Waals surface area contributed by atoms with E-state index in [1.807, 2.05) is 0 Å². The van der Waals surface area contributed by atoms with Crippen molar-refractivity contribution in [2.24, 2.45) is 0 Å². The van der Waals surface area contributed by atoms with Crippen LogP contribution in [-0.2, 0) is 14.2 Å². The van der Waals surface area contributed by atoms with Gasteiger partial charge in [0.15, 0.2) is 6.29 Å². The van der Waals surface area contributed by atoms with Crippen molar-refractivity contribution in [1.29, 1.82) is 0 Å². The molecule has 7 N–H and O–H groups in total. The number of aliphatic hydroxyl groups is 7. The van der Waals surface area contributed by atoms with E-state index in [0.717, 1.165) is 0 Å². The van der Waals surface area contributed by atoms with Gasteiger partial charge in [0.25, 0.3) is 0 Å². The lowest BCUT2D eigenvalue weighted by atomic mass is 9.95. The molecule has 2 aliphatic rings. The molecule has 2 fully saturated rings. The summed E-state index contributed by atoms with van der Waals surface area (Å²) in [7, 11) is 0. The molecule has 10 heteroatoms. The fourth-order valence-corrected chi connectivity index (χ4v) is 2.78. The molecule has 10 nitrogen and oxygen atoms in total. The molecule has 0 aromatic rings. The number of hydrogen-bond acceptors (Lipinski definition) is 10. The summed E-state index contributed by atoms with van der Waals surface area (Å²) in [4.78, 5) is 0. The molecule has 2 rings (SSSR count). The highest BCUT2D eigenvalue weighted by Gasteiger charge is 2.49. The molecule has 10 atom stereocenters. The minimum atomic E-state index is -1.66. The van der Waals surface area contributed by atoms with Crippen LogP contribution in [0.25, 0.3) is 0 Å². The molecule has 2 heterocycles. The van der Waals surface area contributed by atoms with E-state index in [2.05, 4.69) is 0 Å². The van der Waals surface area contributed by atoms with E-state index in [9.17, 15) is 30.6 Å². The van der Waals surface area contributed by atoms with Crippen LogP contribution in [0, 0.1) is 0 Å². The molecule has 0 spiro atoms. The van der Waals surface area contributed by atoms with Crippen LogP contribution >= 0.6 is 0 Å². The lowest BCUT2D eigenvalue weighted by Crippen LogP contribution is -2.64. The predicted octanol–water partition coefficient (Wildman–Crippen LogP) is -4.33. The van der Waals surface area contributed by atoms with Gasteiger partial charge in [0.05, 0.1) is 19.3 Å². The van der Waals surface area contributed by atoms with Gasteiger partial charge in [-0.15, -0.1) is 0 Å². The highest BCUT2D eigenvalue weighted by Crippen LogP contribution is 2.28. The molecule has 0 bridgehead atoms. The summed E-state index contributed by atoms with van der Waals surface area (Å²) in [5.74, 6) is 0. The monoisotopic (exact) mass is 340 g/mol. The van der Waals surface area contributed by atoms with Crippen LogP contribution in [-0.4, -0.2) is 110 Å². The SMILES string of the molecule is CC1OC(CO)[C@H](O[C@@H]2OC(CO)[C@H](O)[C@H](O)C2O)[C@H](O)C1O. The first-order chi connectivity index (χ1) is 10.8. The molecule has 2 saturated heterocycles. The average Bonchev–Trinajstić information content (AvgIpc) is 2.55. The van der Waals surface area contributed by atoms with Crippen LogP contribution in [0.5, 0.6) is 0 Å². The fraction of sp³-hybridized carbons (Fsp3) is 1.00. The molecule has 0 amide bonds. The van der Waals surface area contributed by atoms with Gasteiger partial charge in [-0.05, 0) is 6.92 Å². The smallest absolute Gasteiger partial charge is 0.187 e. The third-order valence-electron chi connectivity index (χ3n) is 4.24. The fourth-order valence-electron chi connectivity index (χ4n) is 2.78. The van der Waals surface area contributed by atoms with Crippen molar-refractivity contribution < 1.29 is 50.0 Å². The minimum absolute atomic E-state index is 0.518. The van der Waals surface area contributed by atoms with Gasteiger partial charge in [-0.2, -0.15) is 0 Å². The summed E-state index contributed by atoms with van der Waals surface area (Å²) in [6.07, 6.45) is -13.2. The zero-order valence-corrected chi connectivity index (χ0v) is 12.5. The molecule has 0 aliphatic carbocycles. The van der Waals surface area contributed by atoms with Crippen LogP contribution in [0.3, 0.4) is 0 Å². The highest BCUT2D eigenvalue weighted by molar-refractivity contribution is 4.94. The number of rotatable bonds is 4. The standard InChI is InChI=1S/C13H24O10/c1-4-7(16)10(19)12(6(3-15)21-4)23-13-11(20)9(18)8(17)5(2-14)22-13/h4-20H,2-3H2,1H3/t4?,5?,6?,7?,8-,9-,10+,11?,12-,13-/m0/s1. The van der Waals surface area contributed by atoms with Crippen molar-refractivity contribution in [1.82, 2.24) is 0 Å². The highest BCUT2D eigenvalue weighted by atomic mass is 16.7. The summed E-state index contributed by atoms with van der Waals surface area (Å²) in [5, 5.41) is 67.8. The summed E-state index contributed by atoms with van der Waals surface area (Å²) in [6.45, 7) is 0.369. The third kappa shape index (κ3) is 3.66. The Morgan fingerprint density at radius 2 is 1.35 bits per heavy atom. The van der Waals surface area contributed by atoms with Crippen molar-refractivity contribution in [2.75, 3.05) is 13.2 Å². The van der Waals surface area contributed by atoms with E-state index >= 15 is 0 Å². The number of ether oxygens (including phenoxy) is 3. The second-order valence-corrected chi connectivity index (χ2v) is 5.84. The maximum atomic E-state index is 10.1. The van der Waals surface area contributed by atoms with Crippen molar-refractivity contribution in [2.45, 2.75) is 68.1 Å². The van der Waals surface area contributed by atoms with Gasteiger partial charge < -0.3 is 50.0 Å². The first kappa shape index (κ1) is 18.9. The topological polar surface area (TPSA) is 169 Å². The van der Waals surface area contributed by atoms with Gasteiger partial charge in [-0.25, -0.2) is 0 Å². The molecule has 0 aromatic heterocycles. The third-order valence-corrected chi connectivity index (χ3v) is 4.24. The lowest BCUT2D eigenvalue weighted by molar-refractivity contribution is -0.341. The Labute approximate surface area is 132 Å². The van der Waals surface area contributed by atoms with Gasteiger partial charge in [0, 0.05) is 0 Å². The molecular weight excluding hydrogens is 316 g/mol. The zero-order valence-electron chi connectivity index (χ0n) is 12.5. The van der Waals surface area contributed by atoms with Crippen molar-refractivity contribution in [3.8, 4) is 0 Å². The van der Waals surface area contributed by atoms with Gasteiger partial charge in [0.2, 0.25) is 0 Å². The molecule has 5 unspecified atom stereocenters. The van der Waals surface area contributed by atoms with E-state index in [0.29, 0.717) is 0 Å². The van der Waals surface area contributed by atoms with Crippen molar-refractivity contribution >= 4 is 0 Å². The molecular formula is C13H24O10. The quantitative estimate of drug-likeness (QED) is 0.265. The molecule has 0 saturated carbocycles. The van der Waals surface area contributed by atoms with E-state index in [4.69, 9.17) is 19.3 Å². The zero-order chi connectivity index (χ0) is 17.3. The van der Waals surface area contributed by atoms with Gasteiger partial charge >= 0.3 is 0 Å². The van der Waals surface area contributed by atoms with Crippen LogP contribution in [0.2, 0.25) is 0 Å². The largest absolute Gasteiger partial charge is 0.394 e. The Morgan fingerprint density at radius 1 is 0.739 bits per heavy atom. The van der Waals surface area contributed by atoms with Crippen molar-refractivity contribution in [3.05, 3.63) is 0 Å². The van der Waals surface area contributed by atoms with Gasteiger partial charge in [-0.3, -0.25) is 0 Å². The maximum absolute atomic E-state index is 10.1. The van der Waals surface area contributed by atoms with Crippen LogP contribution in [0.1, 0.15) is 6.92 Å². The normalized spacial score (nSPS) is 51.7. The van der Waals surface area contributed by atoms with Crippen molar-refractivity contribution in [3.63, 3.8) is 0 Å². The summed E-state index contributed by atoms with van der Waals surface area (Å²) in [6, 6.07) is 0. The van der Waals surface area contributed by atoms with Crippen LogP contribution in [0.15, 0.2) is 0 Å². The Balaban J connectivity index is 2.11. The second-order valence-electron chi connectivity index (χ2n) is 5.84. The average molecular weight is 340 g/mol. The first-order valence-corrected chi connectivity index (χ1v) is 7.40. The number of aliphatic hydroxyl groups excluding tert-OH is 7. The molecule has 0 radical (unpaired) electrons. The first-order valence-electron chi connectivity index (χ1n) is 7.40. The van der Waals surface area contributed by atoms with E-state index < -0.39 is 74.4 Å². The summed E-state index contributed by atoms with van der Waals surface area (Å²) < 4.78 is 15.9. The van der Waals surface area contributed by atoms with Gasteiger partial charge in [0.1, 0.15) is 48.8 Å². The molecule has 2 aliphatic heterocycles. The Morgan fingerprint density at radius 3 is 1.91 bits per heavy atom. The van der Waals surface area contributed by atoms with Gasteiger partial charge in [-0.1, -0.05) is 0 Å². The summed E-state index contributed by atoms with van der Waals surface area (Å²) in [5.41, 5.74) is 0. The molecule has 23 heavy (non-hydrogen) atoms. The lowest BCUT2D eigenvalue weighted by Gasteiger charge is -2.45. The predicted molar refractivity (Wildman–Crippen MR) is 72.1 cm³/mol. The van der Waals surface area contributed by atoms with Crippen LogP contribution < -0.4 is 0 Å². The minimum Gasteiger partial charge on any atom is -0.394 e. The van der Waals surface area contributed by atoms with Crippen LogP contribution in [0.4, 0.5) is 0 Å². The van der Waals surface area contributed by atoms with E-state index in [1.165, 1.54) is 6.92 Å². The molecule has 136 valence electrons.